The van der Waals surface area contributed by atoms with Gasteiger partial charge < -0.3 is 9.29 Å². The van der Waals surface area contributed by atoms with Crippen LogP contribution in [0.25, 0.3) is 0 Å². The summed E-state index contributed by atoms with van der Waals surface area (Å²) in [7, 11) is 1.60. The van der Waals surface area contributed by atoms with Crippen molar-refractivity contribution in [3.8, 4) is 5.75 Å². The van der Waals surface area contributed by atoms with E-state index in [2.05, 4.69) is 25.6 Å². The van der Waals surface area contributed by atoms with Gasteiger partial charge in [-0.15, -0.1) is 4.72 Å². The van der Waals surface area contributed by atoms with Gasteiger partial charge in [-0.05, 0) is 55.8 Å². The second kappa shape index (κ2) is 6.23. The Bertz CT molecular complexity index is 410. The number of halogens is 1. The van der Waals surface area contributed by atoms with Crippen molar-refractivity contribution in [3.05, 3.63) is 22.4 Å². The quantitative estimate of drug-likeness (QED) is 0.679. The van der Waals surface area contributed by atoms with Crippen molar-refractivity contribution in [2.24, 2.45) is 0 Å². The average molecular weight is 335 g/mol. The largest absolute Gasteiger partial charge is 0.598 e. The summed E-state index contributed by atoms with van der Waals surface area (Å²) in [6, 6.07) is 3.61. The van der Waals surface area contributed by atoms with Crippen molar-refractivity contribution in [2.75, 3.05) is 7.11 Å². The molecule has 0 amide bonds. The molecule has 0 saturated carbocycles. The van der Waals surface area contributed by atoms with Crippen molar-refractivity contribution in [2.45, 2.75) is 38.5 Å². The van der Waals surface area contributed by atoms with Crippen molar-refractivity contribution in [1.29, 1.82) is 0 Å². The van der Waals surface area contributed by atoms with Gasteiger partial charge in [-0.3, -0.25) is 0 Å². The number of pyridine rings is 1. The van der Waals surface area contributed by atoms with Crippen LogP contribution in [-0.4, -0.2) is 21.4 Å². The molecule has 2 atom stereocenters. The van der Waals surface area contributed by atoms with Gasteiger partial charge in [0, 0.05) is 11.4 Å². The van der Waals surface area contributed by atoms with E-state index in [4.69, 9.17) is 4.74 Å². The van der Waals surface area contributed by atoms with Gasteiger partial charge in [0.2, 0.25) is 0 Å². The monoisotopic (exact) mass is 334 g/mol. The summed E-state index contributed by atoms with van der Waals surface area (Å²) in [5, 5.41) is 0. The van der Waals surface area contributed by atoms with E-state index in [0.29, 0.717) is 10.4 Å². The second-order valence-electron chi connectivity index (χ2n) is 4.95. The molecule has 1 heterocycles. The van der Waals surface area contributed by atoms with E-state index in [1.165, 1.54) is 0 Å². The summed E-state index contributed by atoms with van der Waals surface area (Å²) >= 11 is 2.22. The fraction of sp³-hybridized carbons (Fsp3) is 0.583. The lowest BCUT2D eigenvalue weighted by atomic mass is 10.2. The Morgan fingerprint density at radius 2 is 2.06 bits per heavy atom. The van der Waals surface area contributed by atoms with Crippen LogP contribution in [0.15, 0.2) is 16.7 Å². The number of nitrogens with zero attached hydrogens (tertiary/aromatic N) is 1. The van der Waals surface area contributed by atoms with Crippen LogP contribution in [0.5, 0.6) is 5.75 Å². The first-order chi connectivity index (χ1) is 8.25. The van der Waals surface area contributed by atoms with Gasteiger partial charge in [-0.25, -0.2) is 4.98 Å². The standard InChI is InChI=1S/C12H19BrN2O2S/c1-8(15-18(16)12(2,3)4)9-6-7-10(17-5)11(13)14-9/h6-8,15H,1-5H3/t8-,18?/m1/s1. The normalized spacial score (nSPS) is 15.3. The highest BCUT2D eigenvalue weighted by Gasteiger charge is 2.28. The van der Waals surface area contributed by atoms with Crippen LogP contribution in [0.3, 0.4) is 0 Å². The molecule has 1 unspecified atom stereocenters. The van der Waals surface area contributed by atoms with Gasteiger partial charge in [0.1, 0.15) is 9.35 Å². The molecule has 0 fully saturated rings. The molecule has 0 aliphatic heterocycles. The summed E-state index contributed by atoms with van der Waals surface area (Å²) in [4.78, 5) is 4.37. The van der Waals surface area contributed by atoms with E-state index in [0.717, 1.165) is 5.69 Å². The minimum Gasteiger partial charge on any atom is -0.598 e. The first-order valence-corrected chi connectivity index (χ1v) is 7.58. The zero-order valence-corrected chi connectivity index (χ0v) is 13.7. The summed E-state index contributed by atoms with van der Waals surface area (Å²) in [5.41, 5.74) is 0.820. The minimum atomic E-state index is -1.12. The highest BCUT2D eigenvalue weighted by atomic mass is 79.9. The van der Waals surface area contributed by atoms with E-state index < -0.39 is 11.4 Å². The molecule has 4 nitrogen and oxygen atoms in total. The maximum Gasteiger partial charge on any atom is 0.151 e. The molecule has 1 N–H and O–H groups in total. The molecule has 0 bridgehead atoms. The summed E-state index contributed by atoms with van der Waals surface area (Å²) in [6.07, 6.45) is 0. The van der Waals surface area contributed by atoms with Crippen molar-refractivity contribution < 1.29 is 9.29 Å². The second-order valence-corrected chi connectivity index (χ2v) is 7.70. The predicted octanol–water partition coefficient (Wildman–Crippen LogP) is 2.97. The highest BCUT2D eigenvalue weighted by molar-refractivity contribution is 9.10. The zero-order valence-electron chi connectivity index (χ0n) is 11.3. The number of rotatable bonds is 4. The number of methoxy groups -OCH3 is 1. The van der Waals surface area contributed by atoms with Crippen LogP contribution >= 0.6 is 15.9 Å². The molecular weight excluding hydrogens is 316 g/mol. The lowest BCUT2D eigenvalue weighted by Gasteiger charge is -2.26. The van der Waals surface area contributed by atoms with Crippen LogP contribution < -0.4 is 9.46 Å². The van der Waals surface area contributed by atoms with Gasteiger partial charge >= 0.3 is 0 Å². The van der Waals surface area contributed by atoms with Crippen molar-refractivity contribution in [1.82, 2.24) is 9.71 Å². The Morgan fingerprint density at radius 1 is 1.44 bits per heavy atom. The molecule has 1 aromatic heterocycles. The molecular formula is C12H19BrN2O2S. The van der Waals surface area contributed by atoms with E-state index in [1.807, 2.05) is 39.8 Å². The highest BCUT2D eigenvalue weighted by Crippen LogP contribution is 2.25. The lowest BCUT2D eigenvalue weighted by molar-refractivity contribution is 0.409. The molecule has 1 aromatic rings. The maximum absolute atomic E-state index is 12.0. The third kappa shape index (κ3) is 4.12. The number of hydrogen-bond acceptors (Lipinski definition) is 4. The summed E-state index contributed by atoms with van der Waals surface area (Å²) < 4.78 is 20.5. The molecule has 0 aromatic carbocycles. The van der Waals surface area contributed by atoms with Gasteiger partial charge in [0.05, 0.1) is 18.8 Å². The fourth-order valence-electron chi connectivity index (χ4n) is 1.23. The van der Waals surface area contributed by atoms with Crippen LogP contribution in [-0.2, 0) is 11.4 Å². The Kier molecular flexibility index (Phi) is 5.46. The molecule has 0 radical (unpaired) electrons. The molecule has 0 saturated heterocycles. The van der Waals surface area contributed by atoms with Crippen LogP contribution in [0.1, 0.15) is 39.4 Å². The molecule has 1 rings (SSSR count). The lowest BCUT2D eigenvalue weighted by Crippen LogP contribution is -2.40. The van der Waals surface area contributed by atoms with Crippen LogP contribution in [0.2, 0.25) is 0 Å². The van der Waals surface area contributed by atoms with Gasteiger partial charge in [0.15, 0.2) is 5.75 Å². The molecule has 102 valence electrons. The average Bonchev–Trinajstić information content (AvgIpc) is 2.27. The fourth-order valence-corrected chi connectivity index (χ4v) is 2.52. The molecule has 0 spiro atoms. The summed E-state index contributed by atoms with van der Waals surface area (Å²) in [6.45, 7) is 7.73. The van der Waals surface area contributed by atoms with E-state index in [-0.39, 0.29) is 10.8 Å². The number of aromatic nitrogens is 1. The van der Waals surface area contributed by atoms with Crippen LogP contribution in [0.4, 0.5) is 0 Å². The Hall–Kier alpha value is -0.300. The zero-order chi connectivity index (χ0) is 13.9. The summed E-state index contributed by atoms with van der Waals surface area (Å²) in [5.74, 6) is 0.683. The minimum absolute atomic E-state index is 0.0905. The Balaban J connectivity index is 2.79. The van der Waals surface area contributed by atoms with Gasteiger partial charge in [-0.1, -0.05) is 0 Å². The van der Waals surface area contributed by atoms with Crippen molar-refractivity contribution in [3.63, 3.8) is 0 Å². The third-order valence-electron chi connectivity index (χ3n) is 2.34. The SMILES string of the molecule is COc1ccc([C@@H](C)N[S+]([O-])C(C)(C)C)nc1Br. The first kappa shape index (κ1) is 15.8. The van der Waals surface area contributed by atoms with E-state index >= 15 is 0 Å². The number of nitrogens with one attached hydrogen (secondary N) is 1. The molecule has 0 aliphatic carbocycles. The van der Waals surface area contributed by atoms with E-state index in [9.17, 15) is 4.55 Å². The third-order valence-corrected chi connectivity index (χ3v) is 4.59. The number of hydrogen-bond donors (Lipinski definition) is 1. The number of ether oxygens (including phenoxy) is 1. The van der Waals surface area contributed by atoms with Crippen LogP contribution in [0, 0.1) is 0 Å². The molecule has 18 heavy (non-hydrogen) atoms. The smallest absolute Gasteiger partial charge is 0.151 e. The Labute approximate surface area is 120 Å². The molecule has 6 heteroatoms. The Morgan fingerprint density at radius 3 is 2.50 bits per heavy atom. The topological polar surface area (TPSA) is 57.2 Å². The first-order valence-electron chi connectivity index (χ1n) is 5.64. The van der Waals surface area contributed by atoms with Gasteiger partial charge in [0.25, 0.3) is 0 Å². The predicted molar refractivity (Wildman–Crippen MR) is 77.9 cm³/mol. The molecule has 0 aliphatic rings. The van der Waals surface area contributed by atoms with Crippen molar-refractivity contribution >= 4 is 27.3 Å². The maximum atomic E-state index is 12.0. The van der Waals surface area contributed by atoms with E-state index in [1.54, 1.807) is 7.11 Å². The van der Waals surface area contributed by atoms with Gasteiger partial charge in [-0.2, -0.15) is 0 Å².